The summed E-state index contributed by atoms with van der Waals surface area (Å²) >= 11 is 0. The molecule has 1 atom stereocenters. The lowest BCUT2D eigenvalue weighted by atomic mass is 10.00. The molecule has 0 fully saturated rings. The Kier molecular flexibility index (Phi) is 3.97. The number of rotatable bonds is 5. The van der Waals surface area contributed by atoms with E-state index in [4.69, 9.17) is 0 Å². The Hall–Kier alpha value is -2.20. The summed E-state index contributed by atoms with van der Waals surface area (Å²) in [4.78, 5) is 4.31. The molecule has 4 heteroatoms. The lowest BCUT2D eigenvalue weighted by Crippen LogP contribution is -2.31. The van der Waals surface area contributed by atoms with Crippen LogP contribution in [-0.2, 0) is 19.9 Å². The van der Waals surface area contributed by atoms with Crippen molar-refractivity contribution in [3.05, 3.63) is 60.2 Å². The van der Waals surface area contributed by atoms with Crippen LogP contribution in [0.2, 0.25) is 0 Å². The summed E-state index contributed by atoms with van der Waals surface area (Å²) in [5.74, 6) is 1.01. The van der Waals surface area contributed by atoms with Crippen LogP contribution in [-0.4, -0.2) is 27.9 Å². The lowest BCUT2D eigenvalue weighted by Gasteiger charge is -2.16. The summed E-state index contributed by atoms with van der Waals surface area (Å²) < 4.78 is 1.84. The Bertz CT molecular complexity index is 732. The van der Waals surface area contributed by atoms with Gasteiger partial charge in [-0.05, 0) is 29.8 Å². The third-order valence-corrected chi connectivity index (χ3v) is 3.94. The van der Waals surface area contributed by atoms with Gasteiger partial charge in [-0.2, -0.15) is 5.10 Å². The van der Waals surface area contributed by atoms with Crippen molar-refractivity contribution in [1.29, 1.82) is 0 Å². The Morgan fingerprint density at radius 1 is 1.10 bits per heavy atom. The Labute approximate surface area is 124 Å². The van der Waals surface area contributed by atoms with Crippen molar-refractivity contribution in [1.82, 2.24) is 20.1 Å². The van der Waals surface area contributed by atoms with Crippen molar-refractivity contribution in [2.24, 2.45) is 7.05 Å². The van der Waals surface area contributed by atoms with Gasteiger partial charge in [-0.15, -0.1) is 0 Å². The van der Waals surface area contributed by atoms with Crippen molar-refractivity contribution in [2.75, 3.05) is 7.05 Å². The maximum absolute atomic E-state index is 4.31. The molecule has 1 aromatic heterocycles. The predicted octanol–water partition coefficient (Wildman–Crippen LogP) is 2.34. The maximum atomic E-state index is 4.31. The van der Waals surface area contributed by atoms with E-state index in [9.17, 15) is 0 Å². The fourth-order valence-corrected chi connectivity index (χ4v) is 2.65. The second kappa shape index (κ2) is 6.06. The van der Waals surface area contributed by atoms with Crippen LogP contribution < -0.4 is 5.32 Å². The van der Waals surface area contributed by atoms with Crippen LogP contribution in [0.15, 0.2) is 48.8 Å². The van der Waals surface area contributed by atoms with Crippen molar-refractivity contribution >= 4 is 10.8 Å². The van der Waals surface area contributed by atoms with Gasteiger partial charge in [-0.3, -0.25) is 4.68 Å². The first-order valence-electron chi connectivity index (χ1n) is 7.24. The molecular formula is C17H20N4. The van der Waals surface area contributed by atoms with Crippen LogP contribution >= 0.6 is 0 Å². The van der Waals surface area contributed by atoms with E-state index >= 15 is 0 Å². The van der Waals surface area contributed by atoms with E-state index in [1.165, 1.54) is 16.3 Å². The first-order chi connectivity index (χ1) is 10.3. The highest BCUT2D eigenvalue weighted by molar-refractivity contribution is 5.82. The molecule has 0 bridgehead atoms. The van der Waals surface area contributed by atoms with Crippen LogP contribution in [0.5, 0.6) is 0 Å². The summed E-state index contributed by atoms with van der Waals surface area (Å²) in [5, 5.41) is 10.1. The molecule has 3 rings (SSSR count). The molecular weight excluding hydrogens is 260 g/mol. The van der Waals surface area contributed by atoms with Gasteiger partial charge in [0, 0.05) is 19.5 Å². The molecule has 3 aromatic rings. The maximum Gasteiger partial charge on any atom is 0.138 e. The summed E-state index contributed by atoms with van der Waals surface area (Å²) in [6.45, 7) is 0. The zero-order chi connectivity index (χ0) is 14.7. The van der Waals surface area contributed by atoms with Gasteiger partial charge in [-0.1, -0.05) is 42.5 Å². The highest BCUT2D eigenvalue weighted by atomic mass is 15.3. The number of likely N-dealkylation sites (N-methyl/N-ethyl adjacent to an activating group) is 1. The van der Waals surface area contributed by atoms with Gasteiger partial charge in [-0.25, -0.2) is 4.98 Å². The number of aromatic nitrogens is 3. The summed E-state index contributed by atoms with van der Waals surface area (Å²) in [6, 6.07) is 15.5. The molecule has 21 heavy (non-hydrogen) atoms. The third kappa shape index (κ3) is 3.11. The SMILES string of the molecule is CNC(Cc1ccc2ccccc2c1)Cc1ncnn1C. The standard InChI is InChI=1S/C17H20N4/c1-18-16(11-17-19-12-20-21(17)2)10-13-7-8-14-5-3-4-6-15(14)9-13/h3-9,12,16,18H,10-11H2,1-2H3. The summed E-state index contributed by atoms with van der Waals surface area (Å²) in [5.41, 5.74) is 1.34. The minimum Gasteiger partial charge on any atom is -0.316 e. The van der Waals surface area contributed by atoms with Crippen LogP contribution in [0.1, 0.15) is 11.4 Å². The zero-order valence-corrected chi connectivity index (χ0v) is 12.5. The van der Waals surface area contributed by atoms with Gasteiger partial charge >= 0.3 is 0 Å². The second-order valence-corrected chi connectivity index (χ2v) is 5.38. The summed E-state index contributed by atoms with van der Waals surface area (Å²) in [7, 11) is 3.94. The van der Waals surface area contributed by atoms with Gasteiger partial charge in [0.15, 0.2) is 0 Å². The van der Waals surface area contributed by atoms with Gasteiger partial charge in [0.1, 0.15) is 12.2 Å². The number of fused-ring (bicyclic) bond motifs is 1. The van der Waals surface area contributed by atoms with E-state index in [1.807, 2.05) is 18.8 Å². The quantitative estimate of drug-likeness (QED) is 0.780. The Morgan fingerprint density at radius 3 is 2.62 bits per heavy atom. The number of nitrogens with one attached hydrogen (secondary N) is 1. The van der Waals surface area contributed by atoms with E-state index in [2.05, 4.69) is 57.9 Å². The molecule has 4 nitrogen and oxygen atoms in total. The predicted molar refractivity (Wildman–Crippen MR) is 85.2 cm³/mol. The van der Waals surface area contributed by atoms with Crippen molar-refractivity contribution in [3.63, 3.8) is 0 Å². The number of benzene rings is 2. The van der Waals surface area contributed by atoms with Crippen molar-refractivity contribution in [2.45, 2.75) is 18.9 Å². The van der Waals surface area contributed by atoms with E-state index in [1.54, 1.807) is 6.33 Å². The van der Waals surface area contributed by atoms with Crippen LogP contribution in [0, 0.1) is 0 Å². The molecule has 0 radical (unpaired) electrons. The molecule has 1 N–H and O–H groups in total. The number of hydrogen-bond acceptors (Lipinski definition) is 3. The largest absolute Gasteiger partial charge is 0.316 e. The number of aryl methyl sites for hydroxylation is 1. The molecule has 0 saturated heterocycles. The van der Waals surface area contributed by atoms with Crippen molar-refractivity contribution < 1.29 is 0 Å². The molecule has 108 valence electrons. The van der Waals surface area contributed by atoms with Gasteiger partial charge < -0.3 is 5.32 Å². The van der Waals surface area contributed by atoms with Gasteiger partial charge in [0.2, 0.25) is 0 Å². The second-order valence-electron chi connectivity index (χ2n) is 5.38. The molecule has 0 spiro atoms. The normalized spacial score (nSPS) is 12.7. The highest BCUT2D eigenvalue weighted by Crippen LogP contribution is 2.17. The van der Waals surface area contributed by atoms with E-state index in [0.29, 0.717) is 6.04 Å². The van der Waals surface area contributed by atoms with E-state index in [0.717, 1.165) is 18.7 Å². The minimum absolute atomic E-state index is 0.356. The van der Waals surface area contributed by atoms with E-state index < -0.39 is 0 Å². The summed E-state index contributed by atoms with van der Waals surface area (Å²) in [6.07, 6.45) is 3.46. The Morgan fingerprint density at radius 2 is 1.90 bits per heavy atom. The lowest BCUT2D eigenvalue weighted by molar-refractivity contribution is 0.527. The topological polar surface area (TPSA) is 42.7 Å². The molecule has 0 saturated carbocycles. The fraction of sp³-hybridized carbons (Fsp3) is 0.294. The van der Waals surface area contributed by atoms with Crippen LogP contribution in [0.25, 0.3) is 10.8 Å². The zero-order valence-electron chi connectivity index (χ0n) is 12.5. The molecule has 0 aliphatic carbocycles. The molecule has 1 unspecified atom stereocenters. The van der Waals surface area contributed by atoms with E-state index in [-0.39, 0.29) is 0 Å². The molecule has 0 aliphatic heterocycles. The number of hydrogen-bond donors (Lipinski definition) is 1. The minimum atomic E-state index is 0.356. The van der Waals surface area contributed by atoms with Crippen LogP contribution in [0.4, 0.5) is 0 Å². The van der Waals surface area contributed by atoms with Crippen LogP contribution in [0.3, 0.4) is 0 Å². The average Bonchev–Trinajstić information content (AvgIpc) is 2.91. The smallest absolute Gasteiger partial charge is 0.138 e. The average molecular weight is 280 g/mol. The first-order valence-corrected chi connectivity index (χ1v) is 7.24. The number of nitrogens with zero attached hydrogens (tertiary/aromatic N) is 3. The van der Waals surface area contributed by atoms with Gasteiger partial charge in [0.25, 0.3) is 0 Å². The monoisotopic (exact) mass is 280 g/mol. The first kappa shape index (κ1) is 13.8. The molecule has 1 heterocycles. The Balaban J connectivity index is 1.77. The molecule has 0 aliphatic rings. The molecule has 2 aromatic carbocycles. The van der Waals surface area contributed by atoms with Gasteiger partial charge in [0.05, 0.1) is 0 Å². The van der Waals surface area contributed by atoms with Crippen molar-refractivity contribution in [3.8, 4) is 0 Å². The third-order valence-electron chi connectivity index (χ3n) is 3.94. The highest BCUT2D eigenvalue weighted by Gasteiger charge is 2.12. The fourth-order valence-electron chi connectivity index (χ4n) is 2.65. The molecule has 0 amide bonds.